The van der Waals surface area contributed by atoms with Crippen molar-refractivity contribution in [1.82, 2.24) is 4.90 Å². The highest BCUT2D eigenvalue weighted by Gasteiger charge is 2.21. The molecule has 12 heavy (non-hydrogen) atoms. The number of aliphatic hydroxyl groups is 1. The number of hydrogen-bond donors (Lipinski definition) is 2. The average molecular weight is 172 g/mol. The van der Waals surface area contributed by atoms with Crippen LogP contribution in [0, 0.1) is 0 Å². The summed E-state index contributed by atoms with van der Waals surface area (Å²) in [6.45, 7) is 3.43. The quantitative estimate of drug-likeness (QED) is 0.582. The van der Waals surface area contributed by atoms with Gasteiger partial charge in [0.1, 0.15) is 0 Å². The minimum Gasteiger partial charge on any atom is -0.396 e. The lowest BCUT2D eigenvalue weighted by atomic mass is 10.2. The van der Waals surface area contributed by atoms with E-state index in [1.807, 2.05) is 0 Å². The molecule has 0 amide bonds. The lowest BCUT2D eigenvalue weighted by molar-refractivity contribution is 0.232. The van der Waals surface area contributed by atoms with Gasteiger partial charge in [-0.2, -0.15) is 0 Å². The first kappa shape index (κ1) is 9.96. The van der Waals surface area contributed by atoms with Gasteiger partial charge in [-0.25, -0.2) is 0 Å². The maximum Gasteiger partial charge on any atom is 0.0431 e. The molecule has 0 aromatic rings. The van der Waals surface area contributed by atoms with Gasteiger partial charge in [0, 0.05) is 19.2 Å². The van der Waals surface area contributed by atoms with Gasteiger partial charge in [0.05, 0.1) is 0 Å². The molecule has 1 aliphatic heterocycles. The van der Waals surface area contributed by atoms with Crippen LogP contribution in [0.25, 0.3) is 0 Å². The van der Waals surface area contributed by atoms with Crippen molar-refractivity contribution in [3.63, 3.8) is 0 Å². The van der Waals surface area contributed by atoms with Gasteiger partial charge in [0.25, 0.3) is 0 Å². The van der Waals surface area contributed by atoms with Gasteiger partial charge in [0.2, 0.25) is 0 Å². The second-order valence-electron chi connectivity index (χ2n) is 3.50. The van der Waals surface area contributed by atoms with Crippen molar-refractivity contribution in [2.45, 2.75) is 31.7 Å². The molecule has 1 saturated heterocycles. The van der Waals surface area contributed by atoms with E-state index in [9.17, 15) is 0 Å². The highest BCUT2D eigenvalue weighted by atomic mass is 16.2. The topological polar surface area (TPSA) is 49.5 Å². The number of nitrogens with two attached hydrogens (primary N) is 1. The van der Waals surface area contributed by atoms with Gasteiger partial charge in [-0.3, -0.25) is 4.90 Å². The van der Waals surface area contributed by atoms with Crippen molar-refractivity contribution in [3.05, 3.63) is 0 Å². The van der Waals surface area contributed by atoms with Crippen LogP contribution < -0.4 is 5.73 Å². The zero-order chi connectivity index (χ0) is 8.81. The molecule has 0 aliphatic carbocycles. The zero-order valence-electron chi connectivity index (χ0n) is 7.71. The van der Waals surface area contributed by atoms with Crippen LogP contribution in [0.3, 0.4) is 0 Å². The minimum atomic E-state index is 0.321. The lowest BCUT2D eigenvalue weighted by Gasteiger charge is -2.22. The van der Waals surface area contributed by atoms with E-state index in [1.54, 1.807) is 0 Å². The van der Waals surface area contributed by atoms with E-state index >= 15 is 0 Å². The Morgan fingerprint density at radius 3 is 2.92 bits per heavy atom. The van der Waals surface area contributed by atoms with Crippen LogP contribution in [0.5, 0.6) is 0 Å². The summed E-state index contributed by atoms with van der Waals surface area (Å²) in [4.78, 5) is 2.45. The number of rotatable bonds is 5. The van der Waals surface area contributed by atoms with Crippen LogP contribution in [0.2, 0.25) is 0 Å². The molecule has 0 bridgehead atoms. The number of nitrogens with zero attached hydrogens (tertiary/aromatic N) is 1. The van der Waals surface area contributed by atoms with E-state index in [1.165, 1.54) is 19.4 Å². The molecule has 0 saturated carbocycles. The standard InChI is InChI=1S/C9H20N2O/c10-8-9-4-3-6-11(9)5-1-2-7-12/h9,12H,1-8,10H2. The summed E-state index contributed by atoms with van der Waals surface area (Å²) in [7, 11) is 0. The molecule has 1 heterocycles. The fourth-order valence-corrected chi connectivity index (χ4v) is 1.88. The third kappa shape index (κ3) is 2.73. The van der Waals surface area contributed by atoms with Crippen LogP contribution in [0.4, 0.5) is 0 Å². The maximum absolute atomic E-state index is 8.62. The maximum atomic E-state index is 8.62. The molecule has 1 fully saturated rings. The van der Waals surface area contributed by atoms with Crippen molar-refractivity contribution < 1.29 is 5.11 Å². The third-order valence-electron chi connectivity index (χ3n) is 2.62. The molecule has 3 heteroatoms. The average Bonchev–Trinajstić information content (AvgIpc) is 2.52. The smallest absolute Gasteiger partial charge is 0.0431 e. The Morgan fingerprint density at radius 1 is 1.42 bits per heavy atom. The van der Waals surface area contributed by atoms with E-state index in [4.69, 9.17) is 10.8 Å². The molecule has 1 aliphatic rings. The predicted octanol–water partition coefficient (Wildman–Crippen LogP) is 0.182. The van der Waals surface area contributed by atoms with E-state index < -0.39 is 0 Å². The summed E-state index contributed by atoms with van der Waals surface area (Å²) in [6.07, 6.45) is 4.58. The molecule has 1 atom stereocenters. The molecule has 1 rings (SSSR count). The normalized spacial score (nSPS) is 25.0. The lowest BCUT2D eigenvalue weighted by Crippen LogP contribution is -2.36. The van der Waals surface area contributed by atoms with Gasteiger partial charge in [0.15, 0.2) is 0 Å². The van der Waals surface area contributed by atoms with Gasteiger partial charge in [-0.15, -0.1) is 0 Å². The Kier molecular flexibility index (Phi) is 4.58. The van der Waals surface area contributed by atoms with E-state index in [-0.39, 0.29) is 0 Å². The van der Waals surface area contributed by atoms with Crippen molar-refractivity contribution in [2.24, 2.45) is 5.73 Å². The minimum absolute atomic E-state index is 0.321. The van der Waals surface area contributed by atoms with Crippen LogP contribution in [-0.4, -0.2) is 42.3 Å². The van der Waals surface area contributed by atoms with Gasteiger partial charge >= 0.3 is 0 Å². The van der Waals surface area contributed by atoms with Crippen molar-refractivity contribution in [2.75, 3.05) is 26.2 Å². The van der Waals surface area contributed by atoms with Crippen molar-refractivity contribution >= 4 is 0 Å². The Bertz CT molecular complexity index is 119. The van der Waals surface area contributed by atoms with Crippen LogP contribution in [0.15, 0.2) is 0 Å². The summed E-state index contributed by atoms with van der Waals surface area (Å²) in [5, 5.41) is 8.62. The van der Waals surface area contributed by atoms with Crippen LogP contribution in [0.1, 0.15) is 25.7 Å². The highest BCUT2D eigenvalue weighted by Crippen LogP contribution is 2.16. The Labute approximate surface area is 74.5 Å². The van der Waals surface area contributed by atoms with Crippen LogP contribution in [-0.2, 0) is 0 Å². The fraction of sp³-hybridized carbons (Fsp3) is 1.00. The Hall–Kier alpha value is -0.120. The first-order valence-corrected chi connectivity index (χ1v) is 4.93. The summed E-state index contributed by atoms with van der Waals surface area (Å²) in [5.41, 5.74) is 5.64. The first-order chi connectivity index (χ1) is 5.88. The second-order valence-corrected chi connectivity index (χ2v) is 3.50. The van der Waals surface area contributed by atoms with Crippen molar-refractivity contribution in [3.8, 4) is 0 Å². The van der Waals surface area contributed by atoms with Gasteiger partial charge < -0.3 is 10.8 Å². The van der Waals surface area contributed by atoms with Gasteiger partial charge in [-0.05, 0) is 38.8 Å². The summed E-state index contributed by atoms with van der Waals surface area (Å²) < 4.78 is 0. The molecule has 1 unspecified atom stereocenters. The Morgan fingerprint density at radius 2 is 2.25 bits per heavy atom. The van der Waals surface area contributed by atoms with Crippen LogP contribution >= 0.6 is 0 Å². The molecule has 0 spiro atoms. The third-order valence-corrected chi connectivity index (χ3v) is 2.62. The summed E-state index contributed by atoms with van der Waals surface area (Å²) >= 11 is 0. The SMILES string of the molecule is NCC1CCCN1CCCCO. The molecule has 3 N–H and O–H groups in total. The number of aliphatic hydroxyl groups excluding tert-OH is 1. The first-order valence-electron chi connectivity index (χ1n) is 4.93. The molecule has 0 radical (unpaired) electrons. The van der Waals surface area contributed by atoms with Crippen molar-refractivity contribution in [1.29, 1.82) is 0 Å². The van der Waals surface area contributed by atoms with E-state index in [0.717, 1.165) is 25.9 Å². The zero-order valence-corrected chi connectivity index (χ0v) is 7.71. The summed E-state index contributed by atoms with van der Waals surface area (Å²) in [6, 6.07) is 0.615. The van der Waals surface area contributed by atoms with E-state index in [2.05, 4.69) is 4.90 Å². The highest BCUT2D eigenvalue weighted by molar-refractivity contribution is 4.79. The largest absolute Gasteiger partial charge is 0.396 e. The number of likely N-dealkylation sites (tertiary alicyclic amines) is 1. The monoisotopic (exact) mass is 172 g/mol. The molecule has 3 nitrogen and oxygen atoms in total. The van der Waals surface area contributed by atoms with E-state index in [0.29, 0.717) is 12.6 Å². The molecule has 0 aromatic carbocycles. The number of unbranched alkanes of at least 4 members (excludes halogenated alkanes) is 1. The fourth-order valence-electron chi connectivity index (χ4n) is 1.88. The number of hydrogen-bond acceptors (Lipinski definition) is 3. The van der Waals surface area contributed by atoms with Gasteiger partial charge in [-0.1, -0.05) is 0 Å². The summed E-state index contributed by atoms with van der Waals surface area (Å²) in [5.74, 6) is 0. The molecule has 72 valence electrons. The predicted molar refractivity (Wildman–Crippen MR) is 50.0 cm³/mol. The Balaban J connectivity index is 2.12. The molecular weight excluding hydrogens is 152 g/mol. The second kappa shape index (κ2) is 5.51. The molecule has 0 aromatic heterocycles. The molecular formula is C9H20N2O.